The van der Waals surface area contributed by atoms with Gasteiger partial charge in [0.25, 0.3) is 0 Å². The number of hydrogen-bond donors (Lipinski definition) is 0. The van der Waals surface area contributed by atoms with Crippen LogP contribution in [-0.4, -0.2) is 17.3 Å². The van der Waals surface area contributed by atoms with Crippen LogP contribution in [0.15, 0.2) is 83.4 Å². The van der Waals surface area contributed by atoms with Crippen molar-refractivity contribution >= 4 is 0 Å². The maximum atomic E-state index is 5.41. The third-order valence-corrected chi connectivity index (χ3v) is 4.21. The molecule has 128 valence electrons. The minimum absolute atomic E-state index is 0.569. The fourth-order valence-electron chi connectivity index (χ4n) is 2.83. The van der Waals surface area contributed by atoms with E-state index in [0.717, 1.165) is 16.9 Å². The van der Waals surface area contributed by atoms with Crippen LogP contribution in [0.4, 0.5) is 0 Å². The van der Waals surface area contributed by atoms with Crippen LogP contribution in [-0.2, 0) is 6.42 Å². The first-order valence-corrected chi connectivity index (χ1v) is 8.43. The number of methoxy groups -OCH3 is 1. The lowest BCUT2D eigenvalue weighted by Gasteiger charge is -2.03. The summed E-state index contributed by atoms with van der Waals surface area (Å²) >= 11 is 0. The molecule has 0 aliphatic heterocycles. The Morgan fingerprint density at radius 1 is 0.808 bits per heavy atom. The summed E-state index contributed by atoms with van der Waals surface area (Å²) < 4.78 is 10.6. The Balaban J connectivity index is 1.50. The van der Waals surface area contributed by atoms with Gasteiger partial charge in [0, 0.05) is 5.56 Å². The number of aromatic nitrogens is 2. The molecule has 1 aromatic heterocycles. The van der Waals surface area contributed by atoms with E-state index in [1.54, 1.807) is 7.11 Å². The highest BCUT2D eigenvalue weighted by atomic mass is 16.5. The quantitative estimate of drug-likeness (QED) is 0.512. The second-order valence-electron chi connectivity index (χ2n) is 5.98. The summed E-state index contributed by atoms with van der Waals surface area (Å²) in [4.78, 5) is 4.50. The first-order chi connectivity index (χ1) is 12.8. The zero-order chi connectivity index (χ0) is 17.8. The van der Waals surface area contributed by atoms with E-state index < -0.39 is 0 Å². The van der Waals surface area contributed by atoms with Gasteiger partial charge in [0.15, 0.2) is 0 Å². The number of nitrogens with zero attached hydrogens (tertiary/aromatic N) is 2. The molecule has 0 saturated heterocycles. The van der Waals surface area contributed by atoms with Crippen LogP contribution in [0, 0.1) is 0 Å². The fourth-order valence-corrected chi connectivity index (χ4v) is 2.83. The lowest BCUT2D eigenvalue weighted by molar-refractivity contribution is 0.385. The maximum absolute atomic E-state index is 5.41. The van der Waals surface area contributed by atoms with Gasteiger partial charge in [-0.15, -0.1) is 0 Å². The Bertz CT molecular complexity index is 992. The van der Waals surface area contributed by atoms with E-state index in [-0.39, 0.29) is 0 Å². The van der Waals surface area contributed by atoms with Gasteiger partial charge in [0.1, 0.15) is 5.75 Å². The molecule has 4 rings (SSSR count). The second-order valence-corrected chi connectivity index (χ2v) is 5.98. The molecule has 0 spiro atoms. The molecule has 4 nitrogen and oxygen atoms in total. The third-order valence-electron chi connectivity index (χ3n) is 4.21. The van der Waals surface area contributed by atoms with Gasteiger partial charge in [-0.25, -0.2) is 0 Å². The third kappa shape index (κ3) is 3.49. The van der Waals surface area contributed by atoms with E-state index in [0.29, 0.717) is 18.1 Å². The molecule has 0 saturated carbocycles. The van der Waals surface area contributed by atoms with Crippen LogP contribution in [0.5, 0.6) is 5.75 Å². The van der Waals surface area contributed by atoms with Crippen LogP contribution in [0.2, 0.25) is 0 Å². The fraction of sp³-hybridized carbons (Fsp3) is 0.0909. The average Bonchev–Trinajstić information content (AvgIpc) is 3.18. The number of rotatable bonds is 5. The summed E-state index contributed by atoms with van der Waals surface area (Å²) in [6.07, 6.45) is 0.603. The van der Waals surface area contributed by atoms with Gasteiger partial charge in [-0.3, -0.25) is 0 Å². The smallest absolute Gasteiger partial charge is 0.231 e. The lowest BCUT2D eigenvalue weighted by atomic mass is 10.0. The predicted octanol–water partition coefficient (Wildman–Crippen LogP) is 5.00. The Labute approximate surface area is 152 Å². The van der Waals surface area contributed by atoms with Gasteiger partial charge in [-0.05, 0) is 28.8 Å². The van der Waals surface area contributed by atoms with Crippen molar-refractivity contribution < 1.29 is 9.26 Å². The Morgan fingerprint density at radius 3 is 2.31 bits per heavy atom. The van der Waals surface area contributed by atoms with Gasteiger partial charge in [0.2, 0.25) is 11.7 Å². The molecule has 4 aromatic rings. The first-order valence-electron chi connectivity index (χ1n) is 8.43. The highest BCUT2D eigenvalue weighted by Crippen LogP contribution is 2.23. The molecule has 1 heterocycles. The standard InChI is InChI=1S/C22H18N2O2/c1-25-20-9-5-8-19(15-20)22-23-21(26-24-22)14-16-10-12-18(13-11-16)17-6-3-2-4-7-17/h2-13,15H,14H2,1H3. The van der Waals surface area contributed by atoms with Gasteiger partial charge in [-0.1, -0.05) is 71.9 Å². The van der Waals surface area contributed by atoms with E-state index in [1.807, 2.05) is 42.5 Å². The largest absolute Gasteiger partial charge is 0.497 e. The predicted molar refractivity (Wildman–Crippen MR) is 101 cm³/mol. The van der Waals surface area contributed by atoms with Gasteiger partial charge < -0.3 is 9.26 Å². The maximum Gasteiger partial charge on any atom is 0.231 e. The SMILES string of the molecule is COc1cccc(-c2noc(Cc3ccc(-c4ccccc4)cc3)n2)c1. The summed E-state index contributed by atoms with van der Waals surface area (Å²) in [6.45, 7) is 0. The molecule has 0 bridgehead atoms. The summed E-state index contributed by atoms with van der Waals surface area (Å²) in [5.41, 5.74) is 4.40. The van der Waals surface area contributed by atoms with Crippen LogP contribution in [0.25, 0.3) is 22.5 Å². The minimum atomic E-state index is 0.569. The lowest BCUT2D eigenvalue weighted by Crippen LogP contribution is -1.89. The molecule has 26 heavy (non-hydrogen) atoms. The molecule has 0 unspecified atom stereocenters. The Morgan fingerprint density at radius 2 is 1.54 bits per heavy atom. The Kier molecular flexibility index (Phi) is 4.48. The molecule has 0 amide bonds. The molecule has 4 heteroatoms. The number of hydrogen-bond acceptors (Lipinski definition) is 4. The van der Waals surface area contributed by atoms with E-state index in [2.05, 4.69) is 46.5 Å². The molecule has 0 aliphatic rings. The van der Waals surface area contributed by atoms with E-state index in [4.69, 9.17) is 9.26 Å². The summed E-state index contributed by atoms with van der Waals surface area (Å²) in [7, 11) is 1.64. The van der Waals surface area contributed by atoms with Crippen molar-refractivity contribution in [1.82, 2.24) is 10.1 Å². The molecule has 0 radical (unpaired) electrons. The van der Waals surface area contributed by atoms with Crippen molar-refractivity contribution in [1.29, 1.82) is 0 Å². The van der Waals surface area contributed by atoms with Crippen molar-refractivity contribution in [2.24, 2.45) is 0 Å². The highest BCUT2D eigenvalue weighted by molar-refractivity contribution is 5.63. The van der Waals surface area contributed by atoms with Crippen molar-refractivity contribution in [3.05, 3.63) is 90.3 Å². The monoisotopic (exact) mass is 342 g/mol. The van der Waals surface area contributed by atoms with Gasteiger partial charge in [0.05, 0.1) is 13.5 Å². The molecule has 3 aromatic carbocycles. The molecular formula is C22H18N2O2. The van der Waals surface area contributed by atoms with E-state index in [9.17, 15) is 0 Å². The van der Waals surface area contributed by atoms with Crippen LogP contribution in [0.3, 0.4) is 0 Å². The number of benzene rings is 3. The van der Waals surface area contributed by atoms with Crippen molar-refractivity contribution in [2.45, 2.75) is 6.42 Å². The second kappa shape index (κ2) is 7.23. The topological polar surface area (TPSA) is 48.2 Å². The van der Waals surface area contributed by atoms with Crippen molar-refractivity contribution in [3.63, 3.8) is 0 Å². The van der Waals surface area contributed by atoms with E-state index >= 15 is 0 Å². The van der Waals surface area contributed by atoms with Gasteiger partial charge >= 0.3 is 0 Å². The molecular weight excluding hydrogens is 324 g/mol. The molecule has 0 aliphatic carbocycles. The number of ether oxygens (including phenoxy) is 1. The van der Waals surface area contributed by atoms with Crippen molar-refractivity contribution in [2.75, 3.05) is 7.11 Å². The highest BCUT2D eigenvalue weighted by Gasteiger charge is 2.10. The molecule has 0 fully saturated rings. The summed E-state index contributed by atoms with van der Waals surface area (Å²) in [5, 5.41) is 4.08. The molecule has 0 N–H and O–H groups in total. The van der Waals surface area contributed by atoms with Crippen LogP contribution >= 0.6 is 0 Å². The van der Waals surface area contributed by atoms with E-state index in [1.165, 1.54) is 11.1 Å². The average molecular weight is 342 g/mol. The zero-order valence-corrected chi connectivity index (χ0v) is 14.4. The Hall–Kier alpha value is -3.40. The summed E-state index contributed by atoms with van der Waals surface area (Å²) in [6, 6.07) is 26.4. The van der Waals surface area contributed by atoms with Crippen LogP contribution < -0.4 is 4.74 Å². The van der Waals surface area contributed by atoms with Gasteiger partial charge in [-0.2, -0.15) is 4.98 Å². The zero-order valence-electron chi connectivity index (χ0n) is 14.4. The first kappa shape index (κ1) is 16.1. The summed E-state index contributed by atoms with van der Waals surface area (Å²) in [5.74, 6) is 1.93. The van der Waals surface area contributed by atoms with Crippen LogP contribution in [0.1, 0.15) is 11.5 Å². The minimum Gasteiger partial charge on any atom is -0.497 e. The molecule has 0 atom stereocenters. The van der Waals surface area contributed by atoms with Crippen molar-refractivity contribution in [3.8, 4) is 28.3 Å². The normalized spacial score (nSPS) is 10.7.